The molecule has 1 saturated heterocycles. The first-order valence-electron chi connectivity index (χ1n) is 5.69. The van der Waals surface area contributed by atoms with E-state index in [-0.39, 0.29) is 0 Å². The second-order valence-corrected chi connectivity index (χ2v) is 4.71. The molecule has 1 saturated carbocycles. The topological polar surface area (TPSA) is 32.3 Å². The number of nitrogens with one attached hydrogen (secondary N) is 1. The van der Waals surface area contributed by atoms with Crippen molar-refractivity contribution in [3.8, 4) is 0 Å². The van der Waals surface area contributed by atoms with Crippen molar-refractivity contribution in [2.45, 2.75) is 38.5 Å². The van der Waals surface area contributed by atoms with Gasteiger partial charge < -0.3 is 10.4 Å². The highest BCUT2D eigenvalue weighted by molar-refractivity contribution is 4.97. The van der Waals surface area contributed by atoms with Crippen LogP contribution in [0.1, 0.15) is 38.5 Å². The van der Waals surface area contributed by atoms with Crippen molar-refractivity contribution in [3.05, 3.63) is 0 Å². The summed E-state index contributed by atoms with van der Waals surface area (Å²) in [4.78, 5) is 0. The fourth-order valence-electron chi connectivity index (χ4n) is 3.13. The zero-order valence-corrected chi connectivity index (χ0v) is 8.39. The molecule has 0 bridgehead atoms. The van der Waals surface area contributed by atoms with Crippen molar-refractivity contribution in [1.82, 2.24) is 5.32 Å². The van der Waals surface area contributed by atoms with Crippen molar-refractivity contribution < 1.29 is 5.11 Å². The number of piperidine rings is 1. The molecule has 1 aliphatic heterocycles. The van der Waals surface area contributed by atoms with Crippen LogP contribution in [0.3, 0.4) is 0 Å². The molecule has 0 aromatic carbocycles. The highest BCUT2D eigenvalue weighted by atomic mass is 16.2. The summed E-state index contributed by atoms with van der Waals surface area (Å²) in [5.74, 6) is 0.932. The normalized spacial score (nSPS) is 31.6. The molecule has 1 aliphatic carbocycles. The van der Waals surface area contributed by atoms with Crippen LogP contribution in [0.25, 0.3) is 0 Å². The summed E-state index contributed by atoms with van der Waals surface area (Å²) < 4.78 is 0. The second-order valence-electron chi connectivity index (χ2n) is 4.71. The number of hydrogen-bond donors (Lipinski definition) is 2. The first kappa shape index (κ1) is 9.47. The van der Waals surface area contributed by atoms with E-state index < -0.39 is 0 Å². The summed E-state index contributed by atoms with van der Waals surface area (Å²) in [5, 5.41) is 12.2. The van der Waals surface area contributed by atoms with Gasteiger partial charge in [-0.2, -0.15) is 0 Å². The van der Waals surface area contributed by atoms with E-state index >= 15 is 0 Å². The van der Waals surface area contributed by atoms with E-state index in [1.54, 1.807) is 0 Å². The van der Waals surface area contributed by atoms with Crippen LogP contribution in [-0.2, 0) is 0 Å². The molecule has 2 fully saturated rings. The molecular weight excluding hydrogens is 162 g/mol. The van der Waals surface area contributed by atoms with Gasteiger partial charge >= 0.3 is 0 Å². The Morgan fingerprint density at radius 1 is 1.23 bits per heavy atom. The molecule has 0 aromatic heterocycles. The maximum absolute atomic E-state index is 8.81. The smallest absolute Gasteiger partial charge is 0.0431 e. The SMILES string of the molecule is OCCCC1CCC12CCNCC2. The van der Waals surface area contributed by atoms with E-state index in [4.69, 9.17) is 5.11 Å². The van der Waals surface area contributed by atoms with Crippen molar-refractivity contribution in [2.24, 2.45) is 11.3 Å². The van der Waals surface area contributed by atoms with E-state index in [1.807, 2.05) is 0 Å². The minimum atomic E-state index is 0.380. The summed E-state index contributed by atoms with van der Waals surface area (Å²) in [6.45, 7) is 2.82. The lowest BCUT2D eigenvalue weighted by Crippen LogP contribution is -2.47. The number of aliphatic hydroxyl groups excluding tert-OH is 1. The minimum Gasteiger partial charge on any atom is -0.396 e. The number of aliphatic hydroxyl groups is 1. The lowest BCUT2D eigenvalue weighted by atomic mass is 9.54. The zero-order valence-electron chi connectivity index (χ0n) is 8.39. The molecule has 1 heterocycles. The Balaban J connectivity index is 1.83. The van der Waals surface area contributed by atoms with Crippen LogP contribution < -0.4 is 5.32 Å². The second kappa shape index (κ2) is 3.97. The van der Waals surface area contributed by atoms with Crippen LogP contribution in [0.5, 0.6) is 0 Å². The maximum Gasteiger partial charge on any atom is 0.0431 e. The molecular formula is C11H21NO. The van der Waals surface area contributed by atoms with Gasteiger partial charge in [-0.05, 0) is 62.9 Å². The molecule has 2 heteroatoms. The van der Waals surface area contributed by atoms with E-state index in [1.165, 1.54) is 45.2 Å². The lowest BCUT2D eigenvalue weighted by molar-refractivity contribution is -0.0108. The summed E-state index contributed by atoms with van der Waals surface area (Å²) in [6, 6.07) is 0. The van der Waals surface area contributed by atoms with Crippen LogP contribution in [0.2, 0.25) is 0 Å². The van der Waals surface area contributed by atoms with Crippen molar-refractivity contribution in [2.75, 3.05) is 19.7 Å². The lowest BCUT2D eigenvalue weighted by Gasteiger charge is -2.52. The number of hydrogen-bond acceptors (Lipinski definition) is 2. The van der Waals surface area contributed by atoms with Gasteiger partial charge in [0, 0.05) is 6.61 Å². The third-order valence-corrected chi connectivity index (χ3v) is 4.17. The summed E-state index contributed by atoms with van der Waals surface area (Å²) in [5.41, 5.74) is 0.695. The van der Waals surface area contributed by atoms with E-state index in [9.17, 15) is 0 Å². The van der Waals surface area contributed by atoms with Gasteiger partial charge in [0.05, 0.1) is 0 Å². The van der Waals surface area contributed by atoms with Crippen molar-refractivity contribution in [3.63, 3.8) is 0 Å². The highest BCUT2D eigenvalue weighted by Gasteiger charge is 2.45. The Bertz CT molecular complexity index is 163. The van der Waals surface area contributed by atoms with Gasteiger partial charge in [0.15, 0.2) is 0 Å². The molecule has 1 spiro atoms. The Labute approximate surface area is 80.7 Å². The summed E-state index contributed by atoms with van der Waals surface area (Å²) in [6.07, 6.45) is 7.90. The quantitative estimate of drug-likeness (QED) is 0.695. The maximum atomic E-state index is 8.81. The molecule has 1 unspecified atom stereocenters. The first-order valence-corrected chi connectivity index (χ1v) is 5.69. The average Bonchev–Trinajstić information content (AvgIpc) is 2.18. The van der Waals surface area contributed by atoms with Crippen LogP contribution in [-0.4, -0.2) is 24.8 Å². The molecule has 0 amide bonds. The summed E-state index contributed by atoms with van der Waals surface area (Å²) in [7, 11) is 0. The van der Waals surface area contributed by atoms with E-state index in [0.717, 1.165) is 12.3 Å². The van der Waals surface area contributed by atoms with Gasteiger partial charge in [0.2, 0.25) is 0 Å². The van der Waals surface area contributed by atoms with Crippen LogP contribution in [0.4, 0.5) is 0 Å². The Kier molecular flexibility index (Phi) is 2.89. The van der Waals surface area contributed by atoms with Gasteiger partial charge in [-0.25, -0.2) is 0 Å². The largest absolute Gasteiger partial charge is 0.396 e. The Morgan fingerprint density at radius 2 is 2.00 bits per heavy atom. The van der Waals surface area contributed by atoms with E-state index in [2.05, 4.69) is 5.32 Å². The fraction of sp³-hybridized carbons (Fsp3) is 1.00. The van der Waals surface area contributed by atoms with Crippen LogP contribution >= 0.6 is 0 Å². The third kappa shape index (κ3) is 1.75. The Morgan fingerprint density at radius 3 is 2.54 bits per heavy atom. The molecule has 2 aliphatic rings. The molecule has 0 radical (unpaired) electrons. The minimum absolute atomic E-state index is 0.380. The predicted molar refractivity (Wildman–Crippen MR) is 53.6 cm³/mol. The van der Waals surface area contributed by atoms with Crippen LogP contribution in [0.15, 0.2) is 0 Å². The van der Waals surface area contributed by atoms with Crippen molar-refractivity contribution >= 4 is 0 Å². The highest BCUT2D eigenvalue weighted by Crippen LogP contribution is 2.54. The fourth-order valence-corrected chi connectivity index (χ4v) is 3.13. The molecule has 2 rings (SSSR count). The zero-order chi connectivity index (χ0) is 9.15. The number of rotatable bonds is 3. The van der Waals surface area contributed by atoms with Gasteiger partial charge in [-0.15, -0.1) is 0 Å². The molecule has 0 aromatic rings. The van der Waals surface area contributed by atoms with Crippen molar-refractivity contribution in [1.29, 1.82) is 0 Å². The van der Waals surface area contributed by atoms with Gasteiger partial charge in [0.25, 0.3) is 0 Å². The monoisotopic (exact) mass is 183 g/mol. The third-order valence-electron chi connectivity index (χ3n) is 4.17. The van der Waals surface area contributed by atoms with Gasteiger partial charge in [-0.1, -0.05) is 0 Å². The van der Waals surface area contributed by atoms with Gasteiger partial charge in [-0.3, -0.25) is 0 Å². The molecule has 1 atom stereocenters. The van der Waals surface area contributed by atoms with Crippen LogP contribution in [0, 0.1) is 11.3 Å². The molecule has 2 nitrogen and oxygen atoms in total. The first-order chi connectivity index (χ1) is 6.37. The van der Waals surface area contributed by atoms with E-state index in [0.29, 0.717) is 12.0 Å². The predicted octanol–water partition coefficient (Wildman–Crippen LogP) is 1.54. The summed E-state index contributed by atoms with van der Waals surface area (Å²) >= 11 is 0. The standard InChI is InChI=1S/C11H21NO/c13-9-1-2-10-3-4-11(10)5-7-12-8-6-11/h10,12-13H,1-9H2. The van der Waals surface area contributed by atoms with Gasteiger partial charge in [0.1, 0.15) is 0 Å². The molecule has 76 valence electrons. The average molecular weight is 183 g/mol. The molecule has 13 heavy (non-hydrogen) atoms. The molecule has 2 N–H and O–H groups in total. The Hall–Kier alpha value is -0.0800.